The first-order valence-electron chi connectivity index (χ1n) is 6.72. The third kappa shape index (κ3) is 3.17. The molecule has 2 aromatic heterocycles. The number of nitrogens with one attached hydrogen (secondary N) is 2. The van der Waals surface area contributed by atoms with Crippen molar-refractivity contribution in [3.05, 3.63) is 71.9 Å². The minimum atomic E-state index is -0.309. The topological polar surface area (TPSA) is 70.7 Å². The highest BCUT2D eigenvalue weighted by molar-refractivity contribution is 5.93. The molecular weight excluding hydrogens is 283 g/mol. The van der Waals surface area contributed by atoms with Gasteiger partial charge in [0.1, 0.15) is 5.82 Å². The Kier molecular flexibility index (Phi) is 3.91. The zero-order valence-corrected chi connectivity index (χ0v) is 11.6. The van der Waals surface area contributed by atoms with Crippen molar-refractivity contribution < 1.29 is 9.18 Å². The number of aromatic nitrogens is 3. The van der Waals surface area contributed by atoms with E-state index in [9.17, 15) is 9.18 Å². The molecule has 0 atom stereocenters. The smallest absolute Gasteiger partial charge is 0.272 e. The zero-order valence-electron chi connectivity index (χ0n) is 11.6. The zero-order chi connectivity index (χ0) is 15.4. The number of hydrogen-bond donors (Lipinski definition) is 2. The van der Waals surface area contributed by atoms with Crippen LogP contribution in [0.1, 0.15) is 16.2 Å². The third-order valence-electron chi connectivity index (χ3n) is 3.12. The molecule has 0 aliphatic rings. The molecule has 3 rings (SSSR count). The summed E-state index contributed by atoms with van der Waals surface area (Å²) in [5, 5.41) is 9.49. The maximum absolute atomic E-state index is 12.9. The van der Waals surface area contributed by atoms with E-state index >= 15 is 0 Å². The molecule has 110 valence electrons. The summed E-state index contributed by atoms with van der Waals surface area (Å²) >= 11 is 0. The van der Waals surface area contributed by atoms with Crippen LogP contribution in [0.15, 0.2) is 54.7 Å². The fourth-order valence-electron chi connectivity index (χ4n) is 1.98. The average Bonchev–Trinajstić information content (AvgIpc) is 3.04. The molecule has 6 heteroatoms. The van der Waals surface area contributed by atoms with Gasteiger partial charge in [0, 0.05) is 6.20 Å². The largest absolute Gasteiger partial charge is 0.345 e. The van der Waals surface area contributed by atoms with Gasteiger partial charge < -0.3 is 5.32 Å². The average molecular weight is 296 g/mol. The molecule has 22 heavy (non-hydrogen) atoms. The first kappa shape index (κ1) is 13.9. The summed E-state index contributed by atoms with van der Waals surface area (Å²) in [5.74, 6) is -0.605. The van der Waals surface area contributed by atoms with Gasteiger partial charge in [-0.15, -0.1) is 0 Å². The molecule has 3 aromatic rings. The Balaban J connectivity index is 1.68. The van der Waals surface area contributed by atoms with Crippen molar-refractivity contribution >= 4 is 5.91 Å². The van der Waals surface area contributed by atoms with Crippen LogP contribution in [-0.4, -0.2) is 21.1 Å². The Hall–Kier alpha value is -3.02. The number of H-pyrrole nitrogens is 1. The van der Waals surface area contributed by atoms with Crippen molar-refractivity contribution in [3.63, 3.8) is 0 Å². The lowest BCUT2D eigenvalue weighted by Crippen LogP contribution is -2.23. The van der Waals surface area contributed by atoms with E-state index in [1.54, 1.807) is 24.4 Å². The summed E-state index contributed by atoms with van der Waals surface area (Å²) in [5.41, 5.74) is 2.46. The number of amides is 1. The lowest BCUT2D eigenvalue weighted by atomic mass is 10.1. The van der Waals surface area contributed by atoms with Gasteiger partial charge >= 0.3 is 0 Å². The van der Waals surface area contributed by atoms with Gasteiger partial charge in [-0.1, -0.05) is 6.07 Å². The Morgan fingerprint density at radius 2 is 2.00 bits per heavy atom. The number of benzene rings is 1. The van der Waals surface area contributed by atoms with Gasteiger partial charge in [-0.05, 0) is 48.0 Å². The lowest BCUT2D eigenvalue weighted by Gasteiger charge is -2.01. The van der Waals surface area contributed by atoms with Crippen molar-refractivity contribution in [1.29, 1.82) is 0 Å². The lowest BCUT2D eigenvalue weighted by molar-refractivity contribution is 0.0945. The molecule has 0 saturated carbocycles. The van der Waals surface area contributed by atoms with Crippen LogP contribution in [0, 0.1) is 5.82 Å². The van der Waals surface area contributed by atoms with Gasteiger partial charge in [0.25, 0.3) is 5.91 Å². The number of rotatable bonds is 4. The molecule has 0 bridgehead atoms. The molecule has 0 unspecified atom stereocenters. The van der Waals surface area contributed by atoms with Gasteiger partial charge in [0.15, 0.2) is 5.69 Å². The maximum Gasteiger partial charge on any atom is 0.272 e. The predicted molar refractivity (Wildman–Crippen MR) is 79.4 cm³/mol. The SMILES string of the molecule is O=C(NCc1ccccn1)c1cc(-c2ccc(F)cc2)[nH]n1. The molecule has 0 aliphatic carbocycles. The highest BCUT2D eigenvalue weighted by atomic mass is 19.1. The molecule has 2 N–H and O–H groups in total. The van der Waals surface area contributed by atoms with Crippen LogP contribution in [0.2, 0.25) is 0 Å². The molecule has 2 heterocycles. The van der Waals surface area contributed by atoms with Crippen LogP contribution in [0.3, 0.4) is 0 Å². The summed E-state index contributed by atoms with van der Waals surface area (Å²) in [4.78, 5) is 16.2. The molecule has 5 nitrogen and oxygen atoms in total. The molecule has 0 saturated heterocycles. The normalized spacial score (nSPS) is 10.4. The van der Waals surface area contributed by atoms with Crippen LogP contribution in [0.5, 0.6) is 0 Å². The van der Waals surface area contributed by atoms with Crippen LogP contribution in [0.4, 0.5) is 4.39 Å². The first-order chi connectivity index (χ1) is 10.7. The number of carbonyl (C=O) groups is 1. The second-order valence-electron chi connectivity index (χ2n) is 4.68. The van der Waals surface area contributed by atoms with Crippen molar-refractivity contribution in [2.45, 2.75) is 6.54 Å². The van der Waals surface area contributed by atoms with E-state index < -0.39 is 0 Å². The number of nitrogens with zero attached hydrogens (tertiary/aromatic N) is 2. The highest BCUT2D eigenvalue weighted by Gasteiger charge is 2.11. The Labute approximate surface area is 126 Å². The van der Waals surface area contributed by atoms with E-state index in [-0.39, 0.29) is 17.4 Å². The van der Waals surface area contributed by atoms with E-state index in [2.05, 4.69) is 20.5 Å². The molecule has 1 aromatic carbocycles. The van der Waals surface area contributed by atoms with E-state index in [0.717, 1.165) is 11.3 Å². The number of hydrogen-bond acceptors (Lipinski definition) is 3. The molecule has 0 spiro atoms. The van der Waals surface area contributed by atoms with Crippen molar-refractivity contribution in [1.82, 2.24) is 20.5 Å². The third-order valence-corrected chi connectivity index (χ3v) is 3.12. The summed E-state index contributed by atoms with van der Waals surface area (Å²) in [6.45, 7) is 0.332. The quantitative estimate of drug-likeness (QED) is 0.777. The molecular formula is C16H13FN4O. The van der Waals surface area contributed by atoms with Gasteiger partial charge in [-0.3, -0.25) is 14.9 Å². The summed E-state index contributed by atoms with van der Waals surface area (Å²) in [7, 11) is 0. The van der Waals surface area contributed by atoms with Gasteiger partial charge in [-0.2, -0.15) is 5.10 Å². The summed E-state index contributed by atoms with van der Waals surface area (Å²) < 4.78 is 12.9. The summed E-state index contributed by atoms with van der Waals surface area (Å²) in [6, 6.07) is 13.1. The van der Waals surface area contributed by atoms with E-state index in [0.29, 0.717) is 12.2 Å². The number of halogens is 1. The monoisotopic (exact) mass is 296 g/mol. The fraction of sp³-hybridized carbons (Fsp3) is 0.0625. The molecule has 1 amide bonds. The Morgan fingerprint density at radius 3 is 2.73 bits per heavy atom. The van der Waals surface area contributed by atoms with Crippen LogP contribution in [-0.2, 0) is 6.54 Å². The highest BCUT2D eigenvalue weighted by Crippen LogP contribution is 2.17. The molecule has 0 fully saturated rings. The number of carbonyl (C=O) groups excluding carboxylic acids is 1. The minimum absolute atomic E-state index is 0.273. The first-order valence-corrected chi connectivity index (χ1v) is 6.72. The Morgan fingerprint density at radius 1 is 1.18 bits per heavy atom. The van der Waals surface area contributed by atoms with E-state index in [1.807, 2.05) is 18.2 Å². The predicted octanol–water partition coefficient (Wildman–Crippen LogP) is 2.54. The number of aromatic amines is 1. The molecule has 0 radical (unpaired) electrons. The van der Waals surface area contributed by atoms with E-state index in [1.165, 1.54) is 12.1 Å². The standard InChI is InChI=1S/C16H13FN4O/c17-12-6-4-11(5-7-12)14-9-15(21-20-14)16(22)19-10-13-3-1-2-8-18-13/h1-9H,10H2,(H,19,22)(H,20,21). The van der Waals surface area contributed by atoms with Crippen LogP contribution in [0.25, 0.3) is 11.3 Å². The van der Waals surface area contributed by atoms with Crippen molar-refractivity contribution in [3.8, 4) is 11.3 Å². The van der Waals surface area contributed by atoms with Gasteiger partial charge in [-0.25, -0.2) is 4.39 Å². The van der Waals surface area contributed by atoms with Crippen molar-refractivity contribution in [2.24, 2.45) is 0 Å². The Bertz CT molecular complexity index is 768. The second kappa shape index (κ2) is 6.17. The van der Waals surface area contributed by atoms with Crippen molar-refractivity contribution in [2.75, 3.05) is 0 Å². The fourth-order valence-corrected chi connectivity index (χ4v) is 1.98. The summed E-state index contributed by atoms with van der Waals surface area (Å²) in [6.07, 6.45) is 1.67. The van der Waals surface area contributed by atoms with Gasteiger partial charge in [0.05, 0.1) is 17.9 Å². The maximum atomic E-state index is 12.9. The van der Waals surface area contributed by atoms with Gasteiger partial charge in [0.2, 0.25) is 0 Å². The molecule has 0 aliphatic heterocycles. The van der Waals surface area contributed by atoms with E-state index in [4.69, 9.17) is 0 Å². The number of pyridine rings is 1. The minimum Gasteiger partial charge on any atom is -0.345 e. The van der Waals surface area contributed by atoms with Crippen LogP contribution < -0.4 is 5.32 Å². The second-order valence-corrected chi connectivity index (χ2v) is 4.68. The van der Waals surface area contributed by atoms with Crippen LogP contribution >= 0.6 is 0 Å².